The molecule has 1 aromatic rings. The first kappa shape index (κ1) is 15.3. The number of ether oxygens (including phenoxy) is 1. The van der Waals surface area contributed by atoms with Gasteiger partial charge in [-0.15, -0.1) is 0 Å². The third-order valence-electron chi connectivity index (χ3n) is 4.42. The van der Waals surface area contributed by atoms with Crippen LogP contribution in [0, 0.1) is 5.92 Å². The van der Waals surface area contributed by atoms with E-state index in [1.807, 2.05) is 26.8 Å². The highest BCUT2D eigenvalue weighted by atomic mass is 16.5. The summed E-state index contributed by atoms with van der Waals surface area (Å²) in [5.74, 6) is 1.04. The summed E-state index contributed by atoms with van der Waals surface area (Å²) in [6.07, 6.45) is 2.26. The SMILES string of the molecule is CCNC1CCc2cc(OCC(C)(O)C(C)C)ccc21. The van der Waals surface area contributed by atoms with Crippen molar-refractivity contribution in [2.45, 2.75) is 52.2 Å². The fourth-order valence-electron chi connectivity index (χ4n) is 2.54. The molecule has 2 N–H and O–H groups in total. The quantitative estimate of drug-likeness (QED) is 0.839. The summed E-state index contributed by atoms with van der Waals surface area (Å²) in [5.41, 5.74) is 1.98. The second-order valence-corrected chi connectivity index (χ2v) is 6.31. The zero-order valence-electron chi connectivity index (χ0n) is 13.1. The molecule has 0 heterocycles. The molecule has 20 heavy (non-hydrogen) atoms. The first-order valence-electron chi connectivity index (χ1n) is 7.65. The van der Waals surface area contributed by atoms with Crippen LogP contribution in [0.2, 0.25) is 0 Å². The molecule has 0 amide bonds. The Morgan fingerprint density at radius 2 is 2.20 bits per heavy atom. The smallest absolute Gasteiger partial charge is 0.119 e. The third kappa shape index (κ3) is 3.33. The normalized spacial score (nSPS) is 20.8. The zero-order valence-corrected chi connectivity index (χ0v) is 13.1. The number of aryl methyl sites for hydroxylation is 1. The highest BCUT2D eigenvalue weighted by Gasteiger charge is 2.26. The van der Waals surface area contributed by atoms with Crippen molar-refractivity contribution >= 4 is 0 Å². The van der Waals surface area contributed by atoms with Crippen molar-refractivity contribution in [3.05, 3.63) is 29.3 Å². The van der Waals surface area contributed by atoms with Gasteiger partial charge in [-0.2, -0.15) is 0 Å². The number of benzene rings is 1. The van der Waals surface area contributed by atoms with E-state index in [0.717, 1.165) is 25.1 Å². The van der Waals surface area contributed by atoms with Crippen LogP contribution < -0.4 is 10.1 Å². The summed E-state index contributed by atoms with van der Waals surface area (Å²) in [5, 5.41) is 13.7. The summed E-state index contributed by atoms with van der Waals surface area (Å²) in [4.78, 5) is 0. The van der Waals surface area contributed by atoms with Crippen molar-refractivity contribution in [1.29, 1.82) is 0 Å². The van der Waals surface area contributed by atoms with Crippen LogP contribution in [0.4, 0.5) is 0 Å². The predicted octanol–water partition coefficient (Wildman–Crippen LogP) is 3.07. The molecule has 2 rings (SSSR count). The maximum absolute atomic E-state index is 10.2. The summed E-state index contributed by atoms with van der Waals surface area (Å²) >= 11 is 0. The lowest BCUT2D eigenvalue weighted by Crippen LogP contribution is -2.37. The van der Waals surface area contributed by atoms with Gasteiger partial charge in [-0.25, -0.2) is 0 Å². The minimum absolute atomic E-state index is 0.176. The van der Waals surface area contributed by atoms with Crippen LogP contribution in [0.15, 0.2) is 18.2 Å². The van der Waals surface area contributed by atoms with Gasteiger partial charge < -0.3 is 15.2 Å². The molecule has 1 aliphatic rings. The molecule has 1 aliphatic carbocycles. The number of hydrogen-bond acceptors (Lipinski definition) is 3. The molecule has 2 atom stereocenters. The van der Waals surface area contributed by atoms with Crippen LogP contribution in [0.5, 0.6) is 5.75 Å². The van der Waals surface area contributed by atoms with Crippen molar-refractivity contribution in [2.24, 2.45) is 5.92 Å². The third-order valence-corrected chi connectivity index (χ3v) is 4.42. The van der Waals surface area contributed by atoms with Crippen LogP contribution in [-0.4, -0.2) is 23.9 Å². The van der Waals surface area contributed by atoms with Gasteiger partial charge in [0.05, 0.1) is 5.60 Å². The van der Waals surface area contributed by atoms with Crippen LogP contribution in [0.25, 0.3) is 0 Å². The van der Waals surface area contributed by atoms with E-state index in [0.29, 0.717) is 12.6 Å². The van der Waals surface area contributed by atoms with Crippen molar-refractivity contribution in [3.8, 4) is 5.75 Å². The molecule has 0 bridgehead atoms. The molecule has 3 heteroatoms. The van der Waals surface area contributed by atoms with E-state index in [9.17, 15) is 5.11 Å². The standard InChI is InChI=1S/C17H27NO2/c1-5-18-16-9-6-13-10-14(7-8-15(13)16)20-11-17(4,19)12(2)3/h7-8,10,12,16,18-19H,5-6,9,11H2,1-4H3. The van der Waals surface area contributed by atoms with Gasteiger partial charge in [-0.1, -0.05) is 26.8 Å². The molecular formula is C17H27NO2. The molecule has 0 saturated carbocycles. The molecule has 112 valence electrons. The van der Waals surface area contributed by atoms with Gasteiger partial charge in [0, 0.05) is 6.04 Å². The maximum Gasteiger partial charge on any atom is 0.119 e. The second kappa shape index (κ2) is 6.15. The van der Waals surface area contributed by atoms with E-state index in [2.05, 4.69) is 24.4 Å². The summed E-state index contributed by atoms with van der Waals surface area (Å²) < 4.78 is 5.78. The van der Waals surface area contributed by atoms with Crippen molar-refractivity contribution in [1.82, 2.24) is 5.32 Å². The highest BCUT2D eigenvalue weighted by Crippen LogP contribution is 2.33. The minimum atomic E-state index is -0.786. The maximum atomic E-state index is 10.2. The van der Waals surface area contributed by atoms with E-state index in [4.69, 9.17) is 4.74 Å². The molecular weight excluding hydrogens is 250 g/mol. The van der Waals surface area contributed by atoms with E-state index < -0.39 is 5.60 Å². The minimum Gasteiger partial charge on any atom is -0.491 e. The highest BCUT2D eigenvalue weighted by molar-refractivity contribution is 5.40. The number of aliphatic hydroxyl groups is 1. The lowest BCUT2D eigenvalue weighted by atomic mass is 9.94. The number of nitrogens with one attached hydrogen (secondary N) is 1. The first-order valence-corrected chi connectivity index (χ1v) is 7.65. The number of rotatable bonds is 6. The van der Waals surface area contributed by atoms with Gasteiger partial charge in [-0.3, -0.25) is 0 Å². The Balaban J connectivity index is 2.02. The van der Waals surface area contributed by atoms with Gasteiger partial charge in [0.1, 0.15) is 12.4 Å². The molecule has 0 aliphatic heterocycles. The fraction of sp³-hybridized carbons (Fsp3) is 0.647. The van der Waals surface area contributed by atoms with E-state index in [-0.39, 0.29) is 5.92 Å². The van der Waals surface area contributed by atoms with Crippen molar-refractivity contribution < 1.29 is 9.84 Å². The Morgan fingerprint density at radius 3 is 2.85 bits per heavy atom. The molecule has 3 nitrogen and oxygen atoms in total. The van der Waals surface area contributed by atoms with Crippen molar-refractivity contribution in [3.63, 3.8) is 0 Å². The van der Waals surface area contributed by atoms with Crippen molar-refractivity contribution in [2.75, 3.05) is 13.2 Å². The Kier molecular flexibility index (Phi) is 4.71. The largest absolute Gasteiger partial charge is 0.491 e. The van der Waals surface area contributed by atoms with Gasteiger partial charge in [0.25, 0.3) is 0 Å². The summed E-state index contributed by atoms with van der Waals surface area (Å²) in [7, 11) is 0. The van der Waals surface area contributed by atoms with Crippen LogP contribution >= 0.6 is 0 Å². The lowest BCUT2D eigenvalue weighted by molar-refractivity contribution is -0.0266. The topological polar surface area (TPSA) is 41.5 Å². The Morgan fingerprint density at radius 1 is 1.45 bits per heavy atom. The Bertz CT molecular complexity index is 454. The molecule has 0 saturated heterocycles. The monoisotopic (exact) mass is 277 g/mol. The Labute approximate surface area is 122 Å². The van der Waals surface area contributed by atoms with E-state index in [1.165, 1.54) is 11.1 Å². The van der Waals surface area contributed by atoms with Crippen LogP contribution in [0.1, 0.15) is 51.3 Å². The predicted molar refractivity (Wildman–Crippen MR) is 82.1 cm³/mol. The molecule has 0 fully saturated rings. The second-order valence-electron chi connectivity index (χ2n) is 6.31. The molecule has 2 unspecified atom stereocenters. The van der Waals surface area contributed by atoms with E-state index >= 15 is 0 Å². The van der Waals surface area contributed by atoms with Gasteiger partial charge >= 0.3 is 0 Å². The molecule has 0 spiro atoms. The zero-order chi connectivity index (χ0) is 14.8. The van der Waals surface area contributed by atoms with Gasteiger partial charge in [0.2, 0.25) is 0 Å². The average molecular weight is 277 g/mol. The van der Waals surface area contributed by atoms with Crippen LogP contribution in [-0.2, 0) is 6.42 Å². The lowest BCUT2D eigenvalue weighted by Gasteiger charge is -2.27. The number of fused-ring (bicyclic) bond motifs is 1. The Hall–Kier alpha value is -1.06. The fourth-order valence-corrected chi connectivity index (χ4v) is 2.54. The average Bonchev–Trinajstić information content (AvgIpc) is 2.79. The summed E-state index contributed by atoms with van der Waals surface area (Å²) in [6, 6.07) is 6.80. The van der Waals surface area contributed by atoms with Crippen LogP contribution in [0.3, 0.4) is 0 Å². The summed E-state index contributed by atoms with van der Waals surface area (Å²) in [6.45, 7) is 9.32. The van der Waals surface area contributed by atoms with E-state index in [1.54, 1.807) is 0 Å². The molecule has 0 aromatic heterocycles. The number of hydrogen-bond donors (Lipinski definition) is 2. The molecule has 0 radical (unpaired) electrons. The molecule has 1 aromatic carbocycles. The van der Waals surface area contributed by atoms with Gasteiger partial charge in [0.15, 0.2) is 0 Å². The van der Waals surface area contributed by atoms with Gasteiger partial charge in [-0.05, 0) is 55.5 Å². The first-order chi connectivity index (χ1) is 9.44.